The van der Waals surface area contributed by atoms with Gasteiger partial charge in [0.25, 0.3) is 0 Å². The molecule has 0 spiro atoms. The minimum Gasteiger partial charge on any atom is -0.465 e. The highest BCUT2D eigenvalue weighted by atomic mass is 32.2. The minimum absolute atomic E-state index is 0.225. The molecule has 0 bridgehead atoms. The summed E-state index contributed by atoms with van der Waals surface area (Å²) in [6.07, 6.45) is 0. The van der Waals surface area contributed by atoms with Crippen LogP contribution in [-0.4, -0.2) is 27.8 Å². The molecular weight excluding hydrogens is 236 g/mol. The fraction of sp³-hybridized carbons (Fsp3) is 0.583. The van der Waals surface area contributed by atoms with Crippen molar-refractivity contribution >= 4 is 17.7 Å². The molecule has 1 atom stereocenters. The topological polar surface area (TPSA) is 52.1 Å². The Morgan fingerprint density at radius 2 is 1.82 bits per heavy atom. The Morgan fingerprint density at radius 1 is 1.29 bits per heavy atom. The Labute approximate surface area is 106 Å². The van der Waals surface area contributed by atoms with Gasteiger partial charge in [-0.05, 0) is 40.2 Å². The zero-order valence-electron chi connectivity index (χ0n) is 10.9. The van der Waals surface area contributed by atoms with Crippen molar-refractivity contribution in [2.24, 2.45) is 0 Å². The first kappa shape index (κ1) is 14.0. The van der Waals surface area contributed by atoms with Crippen LogP contribution >= 0.6 is 11.8 Å². The molecule has 4 nitrogen and oxygen atoms in total. The summed E-state index contributed by atoms with van der Waals surface area (Å²) in [4.78, 5) is 20.2. The molecule has 0 N–H and O–H groups in total. The second kappa shape index (κ2) is 6.00. The zero-order chi connectivity index (χ0) is 13.0. The predicted octanol–water partition coefficient (Wildman–Crippen LogP) is 2.45. The fourth-order valence-corrected chi connectivity index (χ4v) is 2.12. The van der Waals surface area contributed by atoms with E-state index in [-0.39, 0.29) is 11.2 Å². The molecule has 0 aliphatic rings. The number of hydrogen-bond donors (Lipinski definition) is 0. The molecule has 0 aromatic carbocycles. The Kier molecular flexibility index (Phi) is 4.93. The van der Waals surface area contributed by atoms with Gasteiger partial charge in [0.15, 0.2) is 5.16 Å². The molecule has 0 aliphatic carbocycles. The lowest BCUT2D eigenvalue weighted by atomic mass is 10.2. The van der Waals surface area contributed by atoms with E-state index in [1.54, 1.807) is 13.8 Å². The van der Waals surface area contributed by atoms with Crippen LogP contribution in [0.5, 0.6) is 0 Å². The molecule has 0 fully saturated rings. The Hall–Kier alpha value is -1.10. The van der Waals surface area contributed by atoms with Gasteiger partial charge in [0.05, 0.1) is 6.61 Å². The van der Waals surface area contributed by atoms with Gasteiger partial charge in [-0.3, -0.25) is 4.79 Å². The molecule has 17 heavy (non-hydrogen) atoms. The summed E-state index contributed by atoms with van der Waals surface area (Å²) in [6.45, 7) is 9.89. The molecule has 1 rings (SSSR count). The number of hydrogen-bond acceptors (Lipinski definition) is 5. The third-order valence-corrected chi connectivity index (χ3v) is 3.45. The molecule has 1 unspecified atom stereocenters. The molecule has 0 radical (unpaired) electrons. The number of nitrogens with zero attached hydrogens (tertiary/aromatic N) is 2. The van der Waals surface area contributed by atoms with Crippen molar-refractivity contribution in [1.29, 1.82) is 0 Å². The molecule has 0 aliphatic heterocycles. The monoisotopic (exact) mass is 254 g/mol. The number of ether oxygens (including phenoxy) is 1. The highest BCUT2D eigenvalue weighted by Crippen LogP contribution is 2.22. The Balaban J connectivity index is 2.78. The van der Waals surface area contributed by atoms with Crippen molar-refractivity contribution in [2.75, 3.05) is 6.61 Å². The Morgan fingerprint density at radius 3 is 2.29 bits per heavy atom. The van der Waals surface area contributed by atoms with E-state index in [9.17, 15) is 4.79 Å². The first-order valence-electron chi connectivity index (χ1n) is 5.60. The molecule has 5 heteroatoms. The van der Waals surface area contributed by atoms with Crippen LogP contribution in [0.2, 0.25) is 0 Å². The van der Waals surface area contributed by atoms with Gasteiger partial charge in [-0.2, -0.15) is 0 Å². The second-order valence-electron chi connectivity index (χ2n) is 3.81. The van der Waals surface area contributed by atoms with Crippen LogP contribution in [0.15, 0.2) is 5.16 Å². The van der Waals surface area contributed by atoms with Gasteiger partial charge < -0.3 is 4.74 Å². The van der Waals surface area contributed by atoms with Gasteiger partial charge in [-0.1, -0.05) is 11.8 Å². The number of rotatable bonds is 4. The highest BCUT2D eigenvalue weighted by Gasteiger charge is 2.17. The van der Waals surface area contributed by atoms with Gasteiger partial charge in [0.2, 0.25) is 0 Å². The predicted molar refractivity (Wildman–Crippen MR) is 68.2 cm³/mol. The van der Waals surface area contributed by atoms with E-state index in [1.807, 2.05) is 20.8 Å². The van der Waals surface area contributed by atoms with Gasteiger partial charge in [0.1, 0.15) is 5.25 Å². The third kappa shape index (κ3) is 3.70. The van der Waals surface area contributed by atoms with Crippen LogP contribution < -0.4 is 0 Å². The summed E-state index contributed by atoms with van der Waals surface area (Å²) in [5.41, 5.74) is 3.00. The molecule has 1 heterocycles. The maximum absolute atomic E-state index is 11.5. The molecule has 0 amide bonds. The number of aromatic nitrogens is 2. The summed E-state index contributed by atoms with van der Waals surface area (Å²) >= 11 is 1.33. The van der Waals surface area contributed by atoms with Crippen molar-refractivity contribution in [2.45, 2.75) is 45.0 Å². The van der Waals surface area contributed by atoms with E-state index < -0.39 is 0 Å². The second-order valence-corrected chi connectivity index (χ2v) is 5.12. The van der Waals surface area contributed by atoms with E-state index in [2.05, 4.69) is 9.97 Å². The summed E-state index contributed by atoms with van der Waals surface area (Å²) in [5.74, 6) is -0.225. The molecule has 94 valence electrons. The van der Waals surface area contributed by atoms with E-state index in [0.29, 0.717) is 11.8 Å². The van der Waals surface area contributed by atoms with Gasteiger partial charge >= 0.3 is 5.97 Å². The number of esters is 1. The highest BCUT2D eigenvalue weighted by molar-refractivity contribution is 8.00. The largest absolute Gasteiger partial charge is 0.465 e. The van der Waals surface area contributed by atoms with E-state index in [0.717, 1.165) is 17.0 Å². The van der Waals surface area contributed by atoms with Crippen LogP contribution in [-0.2, 0) is 9.53 Å². The summed E-state index contributed by atoms with van der Waals surface area (Å²) in [5, 5.41) is 0.350. The molecule has 1 aromatic rings. The van der Waals surface area contributed by atoms with Gasteiger partial charge in [-0.25, -0.2) is 9.97 Å². The summed E-state index contributed by atoms with van der Waals surface area (Å²) in [6, 6.07) is 0. The fourth-order valence-electron chi connectivity index (χ4n) is 1.26. The van der Waals surface area contributed by atoms with Crippen molar-refractivity contribution in [1.82, 2.24) is 9.97 Å². The van der Waals surface area contributed by atoms with E-state index >= 15 is 0 Å². The van der Waals surface area contributed by atoms with Crippen molar-refractivity contribution in [3.63, 3.8) is 0 Å². The third-order valence-electron chi connectivity index (χ3n) is 2.51. The van der Waals surface area contributed by atoms with Crippen LogP contribution in [0.3, 0.4) is 0 Å². The lowest BCUT2D eigenvalue weighted by Gasteiger charge is -2.11. The lowest BCUT2D eigenvalue weighted by Crippen LogP contribution is -2.17. The minimum atomic E-state index is -0.281. The van der Waals surface area contributed by atoms with Crippen molar-refractivity contribution < 1.29 is 9.53 Å². The molecule has 1 aromatic heterocycles. The van der Waals surface area contributed by atoms with Crippen molar-refractivity contribution in [3.8, 4) is 0 Å². The number of thioether (sulfide) groups is 1. The van der Waals surface area contributed by atoms with Gasteiger partial charge in [0, 0.05) is 11.4 Å². The van der Waals surface area contributed by atoms with E-state index in [1.165, 1.54) is 11.8 Å². The number of aryl methyl sites for hydroxylation is 2. The van der Waals surface area contributed by atoms with Crippen LogP contribution in [0.25, 0.3) is 0 Å². The number of carbonyl (C=O) groups is 1. The van der Waals surface area contributed by atoms with Crippen LogP contribution in [0.4, 0.5) is 0 Å². The zero-order valence-corrected chi connectivity index (χ0v) is 11.7. The lowest BCUT2D eigenvalue weighted by molar-refractivity contribution is -0.142. The Bertz CT molecular complexity index is 398. The molecule has 0 saturated carbocycles. The first-order valence-corrected chi connectivity index (χ1v) is 6.48. The molecular formula is C12H18N2O2S. The quantitative estimate of drug-likeness (QED) is 0.469. The summed E-state index contributed by atoms with van der Waals surface area (Å²) in [7, 11) is 0. The number of carbonyl (C=O) groups excluding carboxylic acids is 1. The van der Waals surface area contributed by atoms with E-state index in [4.69, 9.17) is 4.74 Å². The maximum Gasteiger partial charge on any atom is 0.319 e. The molecule has 0 saturated heterocycles. The van der Waals surface area contributed by atoms with Crippen LogP contribution in [0.1, 0.15) is 30.8 Å². The average molecular weight is 254 g/mol. The normalized spacial score (nSPS) is 12.3. The average Bonchev–Trinajstić information content (AvgIpc) is 2.26. The standard InChI is InChI=1S/C12H18N2O2S/c1-6-16-11(15)10(5)17-12-13-8(3)7(2)9(4)14-12/h10H,6H2,1-5H3. The van der Waals surface area contributed by atoms with Crippen molar-refractivity contribution in [3.05, 3.63) is 17.0 Å². The maximum atomic E-state index is 11.5. The smallest absolute Gasteiger partial charge is 0.319 e. The van der Waals surface area contributed by atoms with Gasteiger partial charge in [-0.15, -0.1) is 0 Å². The van der Waals surface area contributed by atoms with Crippen LogP contribution in [0, 0.1) is 20.8 Å². The first-order chi connectivity index (χ1) is 7.95. The SMILES string of the molecule is CCOC(=O)C(C)Sc1nc(C)c(C)c(C)n1. The summed E-state index contributed by atoms with van der Waals surface area (Å²) < 4.78 is 4.94.